The molecule has 1 amide bonds. The van der Waals surface area contributed by atoms with Crippen LogP contribution in [0.1, 0.15) is 27.3 Å². The van der Waals surface area contributed by atoms with Crippen molar-refractivity contribution < 1.29 is 18.9 Å². The van der Waals surface area contributed by atoms with Crippen molar-refractivity contribution in [1.29, 1.82) is 0 Å². The van der Waals surface area contributed by atoms with Crippen LogP contribution in [-0.4, -0.2) is 44.5 Å². The molecular weight excluding hydrogens is 499 g/mol. The number of halogens is 2. The highest BCUT2D eigenvalue weighted by atomic mass is 35.5. The molecule has 0 saturated heterocycles. The lowest BCUT2D eigenvalue weighted by Gasteiger charge is -2.13. The minimum absolute atomic E-state index is 0.0399. The second-order valence-electron chi connectivity index (χ2n) is 7.01. The molecular formula is C21H18Cl2N8O4. The lowest BCUT2D eigenvalue weighted by atomic mass is 10.2. The maximum absolute atomic E-state index is 12.7. The number of aromatic nitrogens is 5. The average molecular weight is 517 g/mol. The molecule has 180 valence electrons. The number of ether oxygens (including phenoxy) is 2. The van der Waals surface area contributed by atoms with Gasteiger partial charge in [0.2, 0.25) is 11.6 Å². The van der Waals surface area contributed by atoms with Crippen molar-refractivity contribution in [2.45, 2.75) is 13.5 Å². The molecule has 2 heterocycles. The molecule has 0 aliphatic rings. The van der Waals surface area contributed by atoms with E-state index in [1.165, 1.54) is 13.3 Å². The van der Waals surface area contributed by atoms with Gasteiger partial charge in [-0.2, -0.15) is 9.78 Å². The number of aryl methyl sites for hydroxylation is 1. The monoisotopic (exact) mass is 516 g/mol. The number of carbonyl (C=O) groups excluding carboxylic acids is 1. The lowest BCUT2D eigenvalue weighted by molar-refractivity contribution is 0.0946. The van der Waals surface area contributed by atoms with Gasteiger partial charge in [0, 0.05) is 15.6 Å². The number of hydrogen-bond donors (Lipinski definition) is 2. The first-order valence-corrected chi connectivity index (χ1v) is 10.7. The van der Waals surface area contributed by atoms with E-state index < -0.39 is 5.91 Å². The van der Waals surface area contributed by atoms with Gasteiger partial charge in [-0.3, -0.25) is 4.79 Å². The summed E-state index contributed by atoms with van der Waals surface area (Å²) in [5.74, 6) is 0.344. The number of carbonyl (C=O) groups is 1. The summed E-state index contributed by atoms with van der Waals surface area (Å²) in [4.78, 5) is 12.7. The summed E-state index contributed by atoms with van der Waals surface area (Å²) in [6, 6.07) is 10.4. The summed E-state index contributed by atoms with van der Waals surface area (Å²) < 4.78 is 16.9. The summed E-state index contributed by atoms with van der Waals surface area (Å²) in [7, 11) is 1.51. The minimum atomic E-state index is -0.588. The zero-order valence-electron chi connectivity index (χ0n) is 18.4. The van der Waals surface area contributed by atoms with Crippen LogP contribution in [0.3, 0.4) is 0 Å². The Morgan fingerprint density at radius 3 is 2.69 bits per heavy atom. The number of hydrogen-bond acceptors (Lipinski definition) is 10. The quantitative estimate of drug-likeness (QED) is 0.265. The van der Waals surface area contributed by atoms with E-state index in [1.807, 2.05) is 0 Å². The second-order valence-corrected chi connectivity index (χ2v) is 7.82. The van der Waals surface area contributed by atoms with Gasteiger partial charge in [-0.1, -0.05) is 34.5 Å². The van der Waals surface area contributed by atoms with Crippen molar-refractivity contribution >= 4 is 41.1 Å². The van der Waals surface area contributed by atoms with Crippen molar-refractivity contribution in [3.8, 4) is 17.3 Å². The number of anilines is 1. The number of amides is 1. The Hall–Kier alpha value is -4.16. The summed E-state index contributed by atoms with van der Waals surface area (Å²) in [5.41, 5.74) is 9.81. The van der Waals surface area contributed by atoms with Crippen LogP contribution in [0.25, 0.3) is 5.82 Å². The number of benzene rings is 2. The van der Waals surface area contributed by atoms with Crippen molar-refractivity contribution in [1.82, 2.24) is 30.7 Å². The van der Waals surface area contributed by atoms with Gasteiger partial charge in [0.1, 0.15) is 6.61 Å². The first-order valence-electron chi connectivity index (χ1n) is 9.97. The number of rotatable bonds is 8. The van der Waals surface area contributed by atoms with Crippen LogP contribution < -0.4 is 20.6 Å². The number of nitrogens with two attached hydrogens (primary N) is 1. The summed E-state index contributed by atoms with van der Waals surface area (Å²) >= 11 is 12.4. The molecule has 0 fully saturated rings. The predicted octanol–water partition coefficient (Wildman–Crippen LogP) is 3.20. The Morgan fingerprint density at radius 2 is 2.00 bits per heavy atom. The van der Waals surface area contributed by atoms with E-state index in [-0.39, 0.29) is 23.9 Å². The number of nitrogens with zero attached hydrogens (tertiary/aromatic N) is 6. The second kappa shape index (κ2) is 10.4. The first kappa shape index (κ1) is 24.0. The lowest BCUT2D eigenvalue weighted by Crippen LogP contribution is -2.22. The van der Waals surface area contributed by atoms with E-state index in [0.29, 0.717) is 38.4 Å². The molecule has 0 bridgehead atoms. The molecule has 14 heteroatoms. The Kier molecular flexibility index (Phi) is 7.13. The average Bonchev–Trinajstić information content (AvgIpc) is 3.43. The number of nitrogens with one attached hydrogen (secondary N) is 1. The van der Waals surface area contributed by atoms with Crippen molar-refractivity contribution in [2.75, 3.05) is 12.8 Å². The Morgan fingerprint density at radius 1 is 1.23 bits per heavy atom. The van der Waals surface area contributed by atoms with Gasteiger partial charge >= 0.3 is 0 Å². The van der Waals surface area contributed by atoms with E-state index >= 15 is 0 Å². The van der Waals surface area contributed by atoms with Crippen LogP contribution >= 0.6 is 23.2 Å². The zero-order valence-corrected chi connectivity index (χ0v) is 19.9. The third-order valence-corrected chi connectivity index (χ3v) is 5.46. The molecule has 35 heavy (non-hydrogen) atoms. The van der Waals surface area contributed by atoms with Crippen molar-refractivity contribution in [3.63, 3.8) is 0 Å². The maximum Gasteiger partial charge on any atom is 0.292 e. The zero-order chi connectivity index (χ0) is 24.9. The van der Waals surface area contributed by atoms with Gasteiger partial charge in [0.05, 0.1) is 19.0 Å². The maximum atomic E-state index is 12.7. The molecule has 3 N–H and O–H groups in total. The summed E-state index contributed by atoms with van der Waals surface area (Å²) in [6.45, 7) is 1.76. The Balaban J connectivity index is 1.45. The fraction of sp³-hybridized carbons (Fsp3) is 0.143. The molecule has 0 unspecified atom stereocenters. The molecule has 4 aromatic rings. The summed E-state index contributed by atoms with van der Waals surface area (Å²) in [5, 5.41) is 19.8. The van der Waals surface area contributed by atoms with Gasteiger partial charge in [0.15, 0.2) is 17.2 Å². The molecule has 2 aromatic heterocycles. The molecule has 12 nitrogen and oxygen atoms in total. The highest BCUT2D eigenvalue weighted by molar-refractivity contribution is 6.35. The van der Waals surface area contributed by atoms with Gasteiger partial charge in [-0.05, 0) is 53.1 Å². The van der Waals surface area contributed by atoms with E-state index in [0.717, 1.165) is 4.68 Å². The molecule has 0 saturated carbocycles. The van der Waals surface area contributed by atoms with Crippen LogP contribution in [0.5, 0.6) is 11.5 Å². The number of methoxy groups -OCH3 is 1. The fourth-order valence-corrected chi connectivity index (χ4v) is 3.53. The van der Waals surface area contributed by atoms with E-state index in [4.69, 9.17) is 38.4 Å². The van der Waals surface area contributed by atoms with Gasteiger partial charge in [0.25, 0.3) is 5.91 Å². The molecule has 4 rings (SSSR count). The van der Waals surface area contributed by atoms with Crippen LogP contribution in [0.2, 0.25) is 10.0 Å². The summed E-state index contributed by atoms with van der Waals surface area (Å²) in [6.07, 6.45) is 1.44. The Labute approximate surface area is 208 Å². The van der Waals surface area contributed by atoms with E-state index in [1.54, 1.807) is 43.3 Å². The van der Waals surface area contributed by atoms with Crippen molar-refractivity contribution in [3.05, 3.63) is 69.0 Å². The van der Waals surface area contributed by atoms with Crippen molar-refractivity contribution in [2.24, 2.45) is 5.10 Å². The smallest absolute Gasteiger partial charge is 0.292 e. The molecule has 0 spiro atoms. The molecule has 0 aliphatic carbocycles. The first-order chi connectivity index (χ1) is 16.9. The molecule has 0 atom stereocenters. The predicted molar refractivity (Wildman–Crippen MR) is 127 cm³/mol. The molecule has 0 aliphatic heterocycles. The Bertz CT molecular complexity index is 1380. The molecule has 2 aromatic carbocycles. The van der Waals surface area contributed by atoms with Crippen LogP contribution in [0, 0.1) is 6.92 Å². The highest BCUT2D eigenvalue weighted by Crippen LogP contribution is 2.31. The van der Waals surface area contributed by atoms with E-state index in [9.17, 15) is 4.79 Å². The largest absolute Gasteiger partial charge is 0.493 e. The number of nitrogen functional groups attached to an aromatic ring is 1. The third kappa shape index (κ3) is 5.18. The highest BCUT2D eigenvalue weighted by Gasteiger charge is 2.22. The number of hydrazone groups is 1. The van der Waals surface area contributed by atoms with Crippen LogP contribution in [0.15, 0.2) is 46.1 Å². The minimum Gasteiger partial charge on any atom is -0.493 e. The van der Waals surface area contributed by atoms with Crippen LogP contribution in [-0.2, 0) is 6.61 Å². The van der Waals surface area contributed by atoms with Gasteiger partial charge in [-0.15, -0.1) is 5.10 Å². The van der Waals surface area contributed by atoms with Gasteiger partial charge < -0.3 is 15.2 Å². The fourth-order valence-electron chi connectivity index (χ4n) is 3.03. The normalized spacial score (nSPS) is 11.1. The van der Waals surface area contributed by atoms with Gasteiger partial charge in [-0.25, -0.2) is 10.1 Å². The SMILES string of the molecule is COc1cc(/C=N/NC(=O)c2c(C)nnn2-c2nonc2N)ccc1OCc1c(Cl)cccc1Cl. The molecule has 0 radical (unpaired) electrons. The van der Waals surface area contributed by atoms with Crippen LogP contribution in [0.4, 0.5) is 5.82 Å². The van der Waals surface area contributed by atoms with E-state index in [2.05, 4.69) is 35.8 Å². The third-order valence-electron chi connectivity index (χ3n) is 4.75. The topological polar surface area (TPSA) is 156 Å². The standard InChI is InChI=1S/C21H18Cl2N8O4/c1-11-18(31(30-26-11)20-19(24)28-35-29-20)21(32)27-25-9-12-6-7-16(17(8-12)33-2)34-10-13-14(22)4-3-5-15(13)23/h3-9H,10H2,1-2H3,(H2,24,28)(H,27,32)/b25-9+.